The number of halogens is 3. The highest BCUT2D eigenvalue weighted by Gasteiger charge is 2.09. The molecule has 0 amide bonds. The fourth-order valence-corrected chi connectivity index (χ4v) is 1.53. The molecule has 0 saturated heterocycles. The normalized spacial score (nSPS) is 10.7. The summed E-state index contributed by atoms with van der Waals surface area (Å²) in [7, 11) is 0. The van der Waals surface area contributed by atoms with Gasteiger partial charge in [-0.3, -0.25) is 0 Å². The lowest BCUT2D eigenvalue weighted by molar-refractivity contribution is 0.0243. The molecule has 0 unspecified atom stereocenters. The fourth-order valence-electron chi connectivity index (χ4n) is 1.11. The molecular weight excluding hydrogens is 300 g/mol. The van der Waals surface area contributed by atoms with Crippen LogP contribution in [0.15, 0.2) is 6.07 Å². The number of nitrogens with zero attached hydrogens (tertiary/aromatic N) is 1. The molecule has 0 fully saturated rings. The van der Waals surface area contributed by atoms with Crippen LogP contribution in [-0.4, -0.2) is 49.7 Å². The summed E-state index contributed by atoms with van der Waals surface area (Å²) >= 11 is 11.3. The number of ether oxygens (including phenoxy) is 3. The fraction of sp³-hybridized carbons (Fsp3) is 0.545. The van der Waals surface area contributed by atoms with E-state index in [2.05, 4.69) is 4.98 Å². The average molecular weight is 314 g/mol. The maximum Gasteiger partial charge on any atom is 0.235 e. The van der Waals surface area contributed by atoms with Crippen LogP contribution >= 0.6 is 23.2 Å². The summed E-state index contributed by atoms with van der Waals surface area (Å²) in [5.41, 5.74) is 0. The minimum Gasteiger partial charge on any atom is -0.474 e. The molecule has 1 N–H and O–H groups in total. The van der Waals surface area contributed by atoms with Gasteiger partial charge in [0, 0.05) is 0 Å². The van der Waals surface area contributed by atoms with E-state index in [1.807, 2.05) is 0 Å². The van der Waals surface area contributed by atoms with Crippen molar-refractivity contribution in [1.82, 2.24) is 4.98 Å². The molecule has 1 aromatic heterocycles. The predicted octanol–water partition coefficient (Wildman–Crippen LogP) is 1.93. The van der Waals surface area contributed by atoms with Gasteiger partial charge in [-0.1, -0.05) is 23.2 Å². The largest absolute Gasteiger partial charge is 0.474 e. The number of aliphatic hydroxyl groups is 1. The highest BCUT2D eigenvalue weighted by Crippen LogP contribution is 2.26. The van der Waals surface area contributed by atoms with Crippen LogP contribution in [0.3, 0.4) is 0 Å². The van der Waals surface area contributed by atoms with E-state index in [0.29, 0.717) is 13.2 Å². The summed E-state index contributed by atoms with van der Waals surface area (Å²) in [6, 6.07) is 1.23. The molecule has 0 spiro atoms. The average Bonchev–Trinajstić information content (AvgIpc) is 2.38. The number of rotatable bonds is 9. The smallest absolute Gasteiger partial charge is 0.235 e. The van der Waals surface area contributed by atoms with Crippen molar-refractivity contribution >= 4 is 23.2 Å². The van der Waals surface area contributed by atoms with Gasteiger partial charge in [0.05, 0.1) is 38.1 Å². The lowest BCUT2D eigenvalue weighted by atomic mass is 10.5. The topological polar surface area (TPSA) is 60.8 Å². The third kappa shape index (κ3) is 6.35. The highest BCUT2D eigenvalue weighted by molar-refractivity contribution is 6.35. The number of aromatic nitrogens is 1. The Morgan fingerprint density at radius 2 is 1.68 bits per heavy atom. The van der Waals surface area contributed by atoms with Gasteiger partial charge < -0.3 is 19.3 Å². The van der Waals surface area contributed by atoms with Crippen LogP contribution in [0.2, 0.25) is 10.0 Å². The second-order valence-corrected chi connectivity index (χ2v) is 4.16. The van der Waals surface area contributed by atoms with Crippen molar-refractivity contribution in [3.8, 4) is 5.88 Å². The van der Waals surface area contributed by atoms with Crippen LogP contribution in [0.4, 0.5) is 4.39 Å². The zero-order chi connectivity index (χ0) is 14.1. The van der Waals surface area contributed by atoms with Gasteiger partial charge in [-0.25, -0.2) is 0 Å². The third-order valence-electron chi connectivity index (χ3n) is 1.93. The standard InChI is InChI=1S/C11H14Cl2FNO4/c12-8-7-9(13)11(15-10(8)14)19-6-5-18-4-3-17-2-1-16/h7,16H,1-6H2. The Balaban J connectivity index is 2.17. The predicted molar refractivity (Wildman–Crippen MR) is 68.4 cm³/mol. The van der Waals surface area contributed by atoms with Crippen molar-refractivity contribution in [2.24, 2.45) is 0 Å². The van der Waals surface area contributed by atoms with E-state index in [9.17, 15) is 4.39 Å². The molecule has 0 atom stereocenters. The Hall–Kier alpha value is -0.660. The summed E-state index contributed by atoms with van der Waals surface area (Å²) in [4.78, 5) is 3.47. The summed E-state index contributed by atoms with van der Waals surface area (Å²) in [5, 5.41) is 8.43. The van der Waals surface area contributed by atoms with Gasteiger partial charge in [0.2, 0.25) is 11.8 Å². The van der Waals surface area contributed by atoms with E-state index in [4.69, 9.17) is 42.5 Å². The molecule has 0 radical (unpaired) electrons. The van der Waals surface area contributed by atoms with Crippen molar-refractivity contribution in [3.05, 3.63) is 22.1 Å². The number of pyridine rings is 1. The number of hydrogen-bond donors (Lipinski definition) is 1. The van der Waals surface area contributed by atoms with Gasteiger partial charge in [-0.15, -0.1) is 0 Å². The van der Waals surface area contributed by atoms with Crippen molar-refractivity contribution < 1.29 is 23.7 Å². The minimum atomic E-state index is -0.834. The Kier molecular flexibility index (Phi) is 8.00. The zero-order valence-electron chi connectivity index (χ0n) is 10.1. The second kappa shape index (κ2) is 9.28. The lowest BCUT2D eigenvalue weighted by Gasteiger charge is -2.08. The third-order valence-corrected chi connectivity index (χ3v) is 2.46. The quantitative estimate of drug-likeness (QED) is 0.557. The van der Waals surface area contributed by atoms with Crippen LogP contribution < -0.4 is 4.74 Å². The minimum absolute atomic E-state index is 0.0184. The van der Waals surface area contributed by atoms with Gasteiger partial charge in [-0.2, -0.15) is 9.37 Å². The molecular formula is C11H14Cl2FNO4. The van der Waals surface area contributed by atoms with Gasteiger partial charge >= 0.3 is 0 Å². The summed E-state index contributed by atoms with van der Waals surface area (Å²) in [5.74, 6) is -0.858. The molecule has 108 valence electrons. The zero-order valence-corrected chi connectivity index (χ0v) is 11.6. The maximum atomic E-state index is 13.1. The number of aliphatic hydroxyl groups excluding tert-OH is 1. The van der Waals surface area contributed by atoms with Crippen molar-refractivity contribution in [3.63, 3.8) is 0 Å². The molecule has 0 aromatic carbocycles. The van der Waals surface area contributed by atoms with Gasteiger partial charge in [-0.05, 0) is 6.07 Å². The van der Waals surface area contributed by atoms with E-state index in [-0.39, 0.29) is 42.4 Å². The van der Waals surface area contributed by atoms with E-state index in [0.717, 1.165) is 0 Å². The van der Waals surface area contributed by atoms with Crippen molar-refractivity contribution in [2.45, 2.75) is 0 Å². The Labute approximate surface area is 120 Å². The molecule has 0 aliphatic carbocycles. The Bertz CT molecular complexity index is 395. The first-order valence-electron chi connectivity index (χ1n) is 5.56. The first-order chi connectivity index (χ1) is 9.15. The summed E-state index contributed by atoms with van der Waals surface area (Å²) in [6.07, 6.45) is 0. The first kappa shape index (κ1) is 16.4. The molecule has 5 nitrogen and oxygen atoms in total. The Morgan fingerprint density at radius 3 is 2.37 bits per heavy atom. The van der Waals surface area contributed by atoms with Crippen LogP contribution in [0.5, 0.6) is 5.88 Å². The van der Waals surface area contributed by atoms with Gasteiger partial charge in [0.1, 0.15) is 11.6 Å². The van der Waals surface area contributed by atoms with Gasteiger partial charge in [0.15, 0.2) is 0 Å². The molecule has 8 heteroatoms. The molecule has 1 rings (SSSR count). The maximum absolute atomic E-state index is 13.1. The molecule has 1 heterocycles. The van der Waals surface area contributed by atoms with Crippen molar-refractivity contribution in [2.75, 3.05) is 39.6 Å². The molecule has 19 heavy (non-hydrogen) atoms. The van der Waals surface area contributed by atoms with Crippen LogP contribution in [0, 0.1) is 5.95 Å². The second-order valence-electron chi connectivity index (χ2n) is 3.34. The van der Waals surface area contributed by atoms with Crippen LogP contribution in [0.1, 0.15) is 0 Å². The van der Waals surface area contributed by atoms with E-state index < -0.39 is 5.95 Å². The lowest BCUT2D eigenvalue weighted by Crippen LogP contribution is -2.12. The summed E-state index contributed by atoms with van der Waals surface area (Å²) in [6.45, 7) is 1.48. The monoisotopic (exact) mass is 313 g/mol. The van der Waals surface area contributed by atoms with E-state index in [1.165, 1.54) is 6.07 Å². The molecule has 0 bridgehead atoms. The van der Waals surface area contributed by atoms with E-state index >= 15 is 0 Å². The van der Waals surface area contributed by atoms with Crippen LogP contribution in [-0.2, 0) is 9.47 Å². The van der Waals surface area contributed by atoms with Gasteiger partial charge in [0.25, 0.3) is 0 Å². The van der Waals surface area contributed by atoms with Crippen molar-refractivity contribution in [1.29, 1.82) is 0 Å². The number of hydrogen-bond acceptors (Lipinski definition) is 5. The highest BCUT2D eigenvalue weighted by atomic mass is 35.5. The first-order valence-corrected chi connectivity index (χ1v) is 6.31. The summed E-state index contributed by atoms with van der Waals surface area (Å²) < 4.78 is 28.4. The van der Waals surface area contributed by atoms with E-state index in [1.54, 1.807) is 0 Å². The molecule has 0 aliphatic heterocycles. The molecule has 0 saturated carbocycles. The Morgan fingerprint density at radius 1 is 1.05 bits per heavy atom. The van der Waals surface area contributed by atoms with Crippen LogP contribution in [0.25, 0.3) is 0 Å². The molecule has 1 aromatic rings. The molecule has 0 aliphatic rings. The SMILES string of the molecule is OCCOCCOCCOc1nc(F)c(Cl)cc1Cl.